The van der Waals surface area contributed by atoms with Crippen molar-refractivity contribution in [1.29, 1.82) is 0 Å². The van der Waals surface area contributed by atoms with Crippen molar-refractivity contribution >= 4 is 0 Å². The number of hydrogen-bond acceptors (Lipinski definition) is 2. The predicted molar refractivity (Wildman–Crippen MR) is 60.9 cm³/mol. The van der Waals surface area contributed by atoms with Gasteiger partial charge in [-0.15, -0.1) is 0 Å². The Labute approximate surface area is 92.2 Å². The zero-order valence-electron chi connectivity index (χ0n) is 9.52. The molecule has 4 aliphatic heterocycles. The first-order valence-electron chi connectivity index (χ1n) is 6.83. The van der Waals surface area contributed by atoms with E-state index >= 15 is 0 Å². The van der Waals surface area contributed by atoms with E-state index in [2.05, 4.69) is 10.6 Å². The molecule has 4 saturated heterocycles. The van der Waals surface area contributed by atoms with Crippen LogP contribution in [0.15, 0.2) is 0 Å². The number of hydrogen-bond donors (Lipinski definition) is 2. The van der Waals surface area contributed by atoms with E-state index in [0.717, 1.165) is 12.1 Å². The highest BCUT2D eigenvalue weighted by Crippen LogP contribution is 2.48. The van der Waals surface area contributed by atoms with Crippen molar-refractivity contribution in [3.05, 3.63) is 0 Å². The van der Waals surface area contributed by atoms with Gasteiger partial charge in [-0.2, -0.15) is 0 Å². The minimum absolute atomic E-state index is 0.552. The highest BCUT2D eigenvalue weighted by atomic mass is 15.1. The Morgan fingerprint density at radius 3 is 1.40 bits per heavy atom. The van der Waals surface area contributed by atoms with Crippen molar-refractivity contribution in [2.45, 2.75) is 80.9 Å². The summed E-state index contributed by atoms with van der Waals surface area (Å²) < 4.78 is 0. The second-order valence-electron chi connectivity index (χ2n) is 6.57. The van der Waals surface area contributed by atoms with Gasteiger partial charge in [0.15, 0.2) is 0 Å². The van der Waals surface area contributed by atoms with Crippen LogP contribution in [0.25, 0.3) is 0 Å². The van der Waals surface area contributed by atoms with Crippen LogP contribution in [-0.2, 0) is 0 Å². The first-order valence-corrected chi connectivity index (χ1v) is 6.83. The highest BCUT2D eigenvalue weighted by molar-refractivity contribution is 5.13. The molecule has 0 aromatic heterocycles. The van der Waals surface area contributed by atoms with E-state index in [1.807, 2.05) is 0 Å². The van der Waals surface area contributed by atoms with Crippen molar-refractivity contribution in [2.24, 2.45) is 0 Å². The normalized spacial score (nSPS) is 56.8. The van der Waals surface area contributed by atoms with Crippen LogP contribution in [0, 0.1) is 0 Å². The summed E-state index contributed by atoms with van der Waals surface area (Å²) in [6.07, 6.45) is 13.0. The maximum atomic E-state index is 3.91. The molecular formula is C13H22N2. The second-order valence-corrected chi connectivity index (χ2v) is 6.57. The molecule has 0 aromatic rings. The number of nitrogens with one attached hydrogen (secondary N) is 2. The van der Waals surface area contributed by atoms with Crippen molar-refractivity contribution in [3.8, 4) is 0 Å². The number of fused-ring (bicyclic) bond motifs is 4. The molecule has 4 rings (SSSR count). The number of rotatable bonds is 2. The molecule has 0 aromatic carbocycles. The lowest BCUT2D eigenvalue weighted by Crippen LogP contribution is -2.48. The zero-order valence-corrected chi connectivity index (χ0v) is 9.52. The van der Waals surface area contributed by atoms with Gasteiger partial charge >= 0.3 is 0 Å². The zero-order chi connectivity index (χ0) is 9.93. The van der Waals surface area contributed by atoms with E-state index in [-0.39, 0.29) is 0 Å². The third kappa shape index (κ3) is 1.24. The molecule has 0 atom stereocenters. The molecule has 4 heterocycles. The quantitative estimate of drug-likeness (QED) is 0.721. The maximum absolute atomic E-state index is 3.91. The average molecular weight is 206 g/mol. The van der Waals surface area contributed by atoms with Gasteiger partial charge in [0.1, 0.15) is 0 Å². The molecule has 0 aliphatic carbocycles. The van der Waals surface area contributed by atoms with Crippen LogP contribution in [0.4, 0.5) is 0 Å². The molecule has 15 heavy (non-hydrogen) atoms. The monoisotopic (exact) mass is 206 g/mol. The maximum Gasteiger partial charge on any atom is 0.0202 e. The van der Waals surface area contributed by atoms with Crippen LogP contribution >= 0.6 is 0 Å². The second kappa shape index (κ2) is 2.78. The SMILES string of the molecule is C1CC2(CC34CCC(CC3)N4)CCC1N2. The fraction of sp³-hybridized carbons (Fsp3) is 1.00. The van der Waals surface area contributed by atoms with Crippen molar-refractivity contribution in [2.75, 3.05) is 0 Å². The van der Waals surface area contributed by atoms with Gasteiger partial charge in [-0.3, -0.25) is 0 Å². The van der Waals surface area contributed by atoms with Crippen LogP contribution in [0.1, 0.15) is 57.8 Å². The molecular weight excluding hydrogens is 184 g/mol. The molecule has 0 amide bonds. The van der Waals surface area contributed by atoms with Crippen molar-refractivity contribution < 1.29 is 0 Å². The van der Waals surface area contributed by atoms with Crippen LogP contribution in [0.5, 0.6) is 0 Å². The fourth-order valence-electron chi connectivity index (χ4n) is 4.89. The Bertz CT molecular complexity index is 242. The Morgan fingerprint density at radius 1 is 0.733 bits per heavy atom. The molecule has 0 saturated carbocycles. The molecule has 0 spiro atoms. The van der Waals surface area contributed by atoms with Crippen LogP contribution in [-0.4, -0.2) is 23.2 Å². The third-order valence-corrected chi connectivity index (χ3v) is 5.58. The first kappa shape index (κ1) is 9.00. The van der Waals surface area contributed by atoms with E-state index in [4.69, 9.17) is 0 Å². The smallest absolute Gasteiger partial charge is 0.0202 e. The van der Waals surface area contributed by atoms with Gasteiger partial charge in [0.2, 0.25) is 0 Å². The fourth-order valence-corrected chi connectivity index (χ4v) is 4.89. The summed E-state index contributed by atoms with van der Waals surface area (Å²) >= 11 is 0. The average Bonchev–Trinajstić information content (AvgIpc) is 2.95. The third-order valence-electron chi connectivity index (χ3n) is 5.58. The lowest BCUT2D eigenvalue weighted by molar-refractivity contribution is 0.238. The molecule has 2 N–H and O–H groups in total. The molecule has 4 fully saturated rings. The van der Waals surface area contributed by atoms with E-state index in [0.29, 0.717) is 11.1 Å². The topological polar surface area (TPSA) is 24.1 Å². The largest absolute Gasteiger partial charge is 0.308 e. The highest BCUT2D eigenvalue weighted by Gasteiger charge is 2.52. The van der Waals surface area contributed by atoms with E-state index in [9.17, 15) is 0 Å². The van der Waals surface area contributed by atoms with Gasteiger partial charge in [0.25, 0.3) is 0 Å². The summed E-state index contributed by atoms with van der Waals surface area (Å²) in [4.78, 5) is 0. The minimum Gasteiger partial charge on any atom is -0.308 e. The van der Waals surface area contributed by atoms with Crippen LogP contribution < -0.4 is 10.6 Å². The van der Waals surface area contributed by atoms with Gasteiger partial charge in [0, 0.05) is 23.2 Å². The Balaban J connectivity index is 1.55. The lowest BCUT2D eigenvalue weighted by Gasteiger charge is -2.37. The van der Waals surface area contributed by atoms with Gasteiger partial charge in [-0.05, 0) is 57.8 Å². The summed E-state index contributed by atoms with van der Waals surface area (Å²) in [6.45, 7) is 0. The van der Waals surface area contributed by atoms with Crippen molar-refractivity contribution in [3.63, 3.8) is 0 Å². The predicted octanol–water partition coefficient (Wildman–Crippen LogP) is 1.95. The molecule has 4 bridgehead atoms. The minimum atomic E-state index is 0.552. The van der Waals surface area contributed by atoms with E-state index in [1.165, 1.54) is 57.8 Å². The first-order chi connectivity index (χ1) is 7.28. The van der Waals surface area contributed by atoms with Gasteiger partial charge in [-0.1, -0.05) is 0 Å². The standard InChI is InChI=1S/C13H22N2/c1-5-12(6-2-10(1)14-12)9-13-7-3-11(15-13)4-8-13/h10-11,14-15H,1-9H2. The molecule has 0 unspecified atom stereocenters. The lowest BCUT2D eigenvalue weighted by atomic mass is 9.74. The Morgan fingerprint density at radius 2 is 1.13 bits per heavy atom. The summed E-state index contributed by atoms with van der Waals surface area (Å²) in [5, 5.41) is 7.81. The Kier molecular flexibility index (Phi) is 1.67. The summed E-state index contributed by atoms with van der Waals surface area (Å²) in [5.41, 5.74) is 1.10. The molecule has 4 aliphatic rings. The van der Waals surface area contributed by atoms with E-state index < -0.39 is 0 Å². The molecule has 2 nitrogen and oxygen atoms in total. The molecule has 84 valence electrons. The molecule has 0 radical (unpaired) electrons. The molecule has 2 heteroatoms. The van der Waals surface area contributed by atoms with Crippen LogP contribution in [0.3, 0.4) is 0 Å². The summed E-state index contributed by atoms with van der Waals surface area (Å²) in [6, 6.07) is 1.75. The summed E-state index contributed by atoms with van der Waals surface area (Å²) in [5.74, 6) is 0. The summed E-state index contributed by atoms with van der Waals surface area (Å²) in [7, 11) is 0. The van der Waals surface area contributed by atoms with Gasteiger partial charge in [0.05, 0.1) is 0 Å². The van der Waals surface area contributed by atoms with Crippen LogP contribution in [0.2, 0.25) is 0 Å². The van der Waals surface area contributed by atoms with Gasteiger partial charge < -0.3 is 10.6 Å². The Hall–Kier alpha value is -0.0800. The van der Waals surface area contributed by atoms with Gasteiger partial charge in [-0.25, -0.2) is 0 Å². The van der Waals surface area contributed by atoms with E-state index in [1.54, 1.807) is 0 Å². The van der Waals surface area contributed by atoms with Crippen molar-refractivity contribution in [1.82, 2.24) is 10.6 Å².